The summed E-state index contributed by atoms with van der Waals surface area (Å²) in [6.45, 7) is 1.35. The van der Waals surface area contributed by atoms with Gasteiger partial charge in [0.2, 0.25) is 11.8 Å². The van der Waals surface area contributed by atoms with Crippen LogP contribution in [0, 0.1) is 0 Å². The molecule has 2 heterocycles. The zero-order valence-corrected chi connectivity index (χ0v) is 11.9. The number of methoxy groups -OCH3 is 1. The molecule has 1 aliphatic rings. The van der Waals surface area contributed by atoms with E-state index >= 15 is 0 Å². The smallest absolute Gasteiger partial charge is 0.232 e. The second-order valence-corrected chi connectivity index (χ2v) is 5.01. The van der Waals surface area contributed by atoms with Gasteiger partial charge in [0.25, 0.3) is 0 Å². The van der Waals surface area contributed by atoms with Crippen molar-refractivity contribution in [3.05, 3.63) is 40.0 Å². The molecule has 5 nitrogen and oxygen atoms in total. The van der Waals surface area contributed by atoms with Crippen LogP contribution in [0.25, 0.3) is 0 Å². The number of rotatable bonds is 3. The molecule has 0 aliphatic carbocycles. The Balaban J connectivity index is 1.85. The summed E-state index contributed by atoms with van der Waals surface area (Å²) in [4.78, 5) is 8.45. The van der Waals surface area contributed by atoms with Crippen LogP contribution in [0.3, 0.4) is 0 Å². The number of nitrogens with zero attached hydrogens (tertiary/aromatic N) is 2. The molecule has 0 unspecified atom stereocenters. The molecule has 0 fully saturated rings. The molecule has 1 aromatic heterocycles. The van der Waals surface area contributed by atoms with E-state index in [1.165, 1.54) is 11.1 Å². The van der Waals surface area contributed by atoms with E-state index in [0.717, 1.165) is 10.2 Å². The van der Waals surface area contributed by atoms with Gasteiger partial charge in [-0.3, -0.25) is 0 Å². The molecule has 98 valence electrons. The molecule has 0 amide bonds. The fourth-order valence-electron chi connectivity index (χ4n) is 1.93. The van der Waals surface area contributed by atoms with E-state index in [2.05, 4.69) is 43.3 Å². The van der Waals surface area contributed by atoms with E-state index in [0.29, 0.717) is 25.0 Å². The van der Waals surface area contributed by atoms with Crippen LogP contribution < -0.4 is 10.1 Å². The fourth-order valence-corrected chi connectivity index (χ4v) is 2.29. The van der Waals surface area contributed by atoms with E-state index in [4.69, 9.17) is 9.47 Å². The fraction of sp³-hybridized carbons (Fsp3) is 0.231. The molecule has 0 bridgehead atoms. The zero-order chi connectivity index (χ0) is 13.2. The van der Waals surface area contributed by atoms with Crippen molar-refractivity contribution in [3.63, 3.8) is 0 Å². The van der Waals surface area contributed by atoms with Crippen LogP contribution in [0.4, 0.5) is 11.6 Å². The summed E-state index contributed by atoms with van der Waals surface area (Å²) in [5, 5.41) is 3.16. The molecule has 1 aliphatic heterocycles. The largest absolute Gasteiger partial charge is 0.480 e. The highest BCUT2D eigenvalue weighted by Crippen LogP contribution is 2.26. The van der Waals surface area contributed by atoms with Crippen LogP contribution in [0.1, 0.15) is 11.1 Å². The molecular weight excluding hydrogens is 310 g/mol. The van der Waals surface area contributed by atoms with Crippen LogP contribution in [0.5, 0.6) is 5.88 Å². The maximum absolute atomic E-state index is 5.39. The predicted molar refractivity (Wildman–Crippen MR) is 74.5 cm³/mol. The first-order chi connectivity index (χ1) is 9.26. The maximum atomic E-state index is 5.39. The van der Waals surface area contributed by atoms with Gasteiger partial charge >= 0.3 is 0 Å². The van der Waals surface area contributed by atoms with Gasteiger partial charge in [0.1, 0.15) is 0 Å². The Morgan fingerprint density at radius 3 is 3.00 bits per heavy atom. The molecule has 0 saturated carbocycles. The summed E-state index contributed by atoms with van der Waals surface area (Å²) in [7, 11) is 1.57. The molecule has 1 aromatic carbocycles. The number of ether oxygens (including phenoxy) is 2. The molecule has 0 atom stereocenters. The first-order valence-electron chi connectivity index (χ1n) is 5.79. The van der Waals surface area contributed by atoms with Gasteiger partial charge in [-0.1, -0.05) is 6.07 Å². The van der Waals surface area contributed by atoms with E-state index in [9.17, 15) is 0 Å². The Labute approximate surface area is 119 Å². The Bertz CT molecular complexity index is 610. The summed E-state index contributed by atoms with van der Waals surface area (Å²) >= 11 is 3.32. The first-order valence-corrected chi connectivity index (χ1v) is 6.58. The number of hydrogen-bond donors (Lipinski definition) is 1. The number of anilines is 2. The Hall–Kier alpha value is -1.66. The van der Waals surface area contributed by atoms with Crippen LogP contribution >= 0.6 is 15.9 Å². The standard InChI is InChI=1S/C13H12BrN3O2/c1-18-12-11(14)5-15-13(17-12)16-10-3-2-8-6-19-7-9(8)4-10/h2-5H,6-7H2,1H3,(H,15,16,17). The van der Waals surface area contributed by atoms with Crippen molar-refractivity contribution in [1.29, 1.82) is 0 Å². The SMILES string of the molecule is COc1nc(Nc2ccc3c(c2)COC3)ncc1Br. The second-order valence-electron chi connectivity index (χ2n) is 4.15. The van der Waals surface area contributed by atoms with Gasteiger partial charge in [0.05, 0.1) is 31.0 Å². The van der Waals surface area contributed by atoms with Crippen molar-refractivity contribution in [2.45, 2.75) is 13.2 Å². The lowest BCUT2D eigenvalue weighted by Gasteiger charge is -2.08. The number of halogens is 1. The van der Waals surface area contributed by atoms with Gasteiger partial charge in [-0.2, -0.15) is 4.98 Å². The van der Waals surface area contributed by atoms with Crippen molar-refractivity contribution >= 4 is 27.6 Å². The van der Waals surface area contributed by atoms with Gasteiger partial charge in [-0.25, -0.2) is 4.98 Å². The minimum absolute atomic E-state index is 0.499. The third-order valence-electron chi connectivity index (χ3n) is 2.88. The van der Waals surface area contributed by atoms with Crippen LogP contribution in [0.15, 0.2) is 28.9 Å². The van der Waals surface area contributed by atoms with Crippen LogP contribution in [0.2, 0.25) is 0 Å². The molecule has 0 radical (unpaired) electrons. The number of nitrogens with one attached hydrogen (secondary N) is 1. The minimum atomic E-state index is 0.499. The average molecular weight is 322 g/mol. The predicted octanol–water partition coefficient (Wildman–Crippen LogP) is 3.02. The van der Waals surface area contributed by atoms with E-state index < -0.39 is 0 Å². The van der Waals surface area contributed by atoms with E-state index in [1.807, 2.05) is 6.07 Å². The minimum Gasteiger partial charge on any atom is -0.480 e. The number of hydrogen-bond acceptors (Lipinski definition) is 5. The molecule has 0 spiro atoms. The molecule has 0 saturated heterocycles. The quantitative estimate of drug-likeness (QED) is 0.941. The van der Waals surface area contributed by atoms with Gasteiger partial charge in [0.15, 0.2) is 0 Å². The van der Waals surface area contributed by atoms with Gasteiger partial charge in [0, 0.05) is 5.69 Å². The Morgan fingerprint density at radius 1 is 1.32 bits per heavy atom. The van der Waals surface area contributed by atoms with Crippen LogP contribution in [-0.2, 0) is 18.0 Å². The lowest BCUT2D eigenvalue weighted by Crippen LogP contribution is -2.00. The van der Waals surface area contributed by atoms with Crippen LogP contribution in [-0.4, -0.2) is 17.1 Å². The van der Waals surface area contributed by atoms with Crippen molar-refractivity contribution in [1.82, 2.24) is 9.97 Å². The van der Waals surface area contributed by atoms with E-state index in [1.54, 1.807) is 13.3 Å². The summed E-state index contributed by atoms with van der Waals surface area (Å²) in [5.41, 5.74) is 3.38. The molecule has 3 rings (SSSR count). The Morgan fingerprint density at radius 2 is 2.16 bits per heavy atom. The van der Waals surface area contributed by atoms with Crippen molar-refractivity contribution in [2.24, 2.45) is 0 Å². The Kier molecular flexibility index (Phi) is 3.35. The summed E-state index contributed by atoms with van der Waals surface area (Å²) < 4.78 is 11.3. The third-order valence-corrected chi connectivity index (χ3v) is 3.43. The molecule has 19 heavy (non-hydrogen) atoms. The maximum Gasteiger partial charge on any atom is 0.232 e. The number of aromatic nitrogens is 2. The summed E-state index contributed by atoms with van der Waals surface area (Å²) in [6, 6.07) is 6.10. The highest BCUT2D eigenvalue weighted by atomic mass is 79.9. The second kappa shape index (κ2) is 5.14. The molecule has 1 N–H and O–H groups in total. The molecular formula is C13H12BrN3O2. The molecule has 6 heteroatoms. The average Bonchev–Trinajstić information content (AvgIpc) is 2.88. The molecule has 2 aromatic rings. The van der Waals surface area contributed by atoms with Crippen molar-refractivity contribution in [2.75, 3.05) is 12.4 Å². The van der Waals surface area contributed by atoms with E-state index in [-0.39, 0.29) is 0 Å². The summed E-state index contributed by atoms with van der Waals surface area (Å²) in [6.07, 6.45) is 1.66. The van der Waals surface area contributed by atoms with Crippen molar-refractivity contribution in [3.8, 4) is 5.88 Å². The lowest BCUT2D eigenvalue weighted by molar-refractivity contribution is 0.134. The van der Waals surface area contributed by atoms with Gasteiger partial charge in [-0.05, 0) is 39.2 Å². The van der Waals surface area contributed by atoms with Gasteiger partial charge in [-0.15, -0.1) is 0 Å². The highest BCUT2D eigenvalue weighted by molar-refractivity contribution is 9.10. The zero-order valence-electron chi connectivity index (χ0n) is 10.3. The first kappa shape index (κ1) is 12.4. The third kappa shape index (κ3) is 2.54. The highest BCUT2D eigenvalue weighted by Gasteiger charge is 2.12. The van der Waals surface area contributed by atoms with Crippen molar-refractivity contribution < 1.29 is 9.47 Å². The lowest BCUT2D eigenvalue weighted by atomic mass is 10.1. The monoisotopic (exact) mass is 321 g/mol. The normalized spacial score (nSPS) is 13.2. The van der Waals surface area contributed by atoms with Gasteiger partial charge < -0.3 is 14.8 Å². The number of fused-ring (bicyclic) bond motifs is 1. The number of benzene rings is 1. The topological polar surface area (TPSA) is 56.3 Å². The summed E-state index contributed by atoms with van der Waals surface area (Å²) in [5.74, 6) is 1.00.